The number of hydrogen-bond donors (Lipinski definition) is 0. The minimum absolute atomic E-state index is 0. The van der Waals surface area contributed by atoms with E-state index in [0.29, 0.717) is 12.1 Å². The largest absolute Gasteiger partial charge is 0.337 e. The van der Waals surface area contributed by atoms with Gasteiger partial charge in [0.15, 0.2) is 0 Å². The minimum Gasteiger partial charge on any atom is -0.337 e. The first-order chi connectivity index (χ1) is 9.50. The first-order valence-electron chi connectivity index (χ1n) is 7.20. The summed E-state index contributed by atoms with van der Waals surface area (Å²) in [5.74, 6) is 0.122. The van der Waals surface area contributed by atoms with Crippen LogP contribution in [0, 0.1) is 0 Å². The quantitative estimate of drug-likeness (QED) is 0.802. The van der Waals surface area contributed by atoms with E-state index in [4.69, 9.17) is 0 Å². The van der Waals surface area contributed by atoms with Crippen LogP contribution in [0.2, 0.25) is 0 Å². The topological polar surface area (TPSA) is 23.6 Å². The van der Waals surface area contributed by atoms with Crippen LogP contribution < -0.4 is 0 Å². The fourth-order valence-corrected chi connectivity index (χ4v) is 3.36. The van der Waals surface area contributed by atoms with E-state index in [9.17, 15) is 4.79 Å². The molecule has 1 saturated carbocycles. The number of benzene rings is 1. The molecule has 1 aliphatic carbocycles. The Labute approximate surface area is 142 Å². The number of hydrogen-bond acceptors (Lipinski definition) is 2. The van der Waals surface area contributed by atoms with Crippen LogP contribution in [0.5, 0.6) is 0 Å². The van der Waals surface area contributed by atoms with Crippen molar-refractivity contribution < 1.29 is 4.79 Å². The Morgan fingerprint density at radius 3 is 2.10 bits per heavy atom. The molecule has 21 heavy (non-hydrogen) atoms. The molecule has 1 aromatic rings. The van der Waals surface area contributed by atoms with Crippen molar-refractivity contribution in [2.45, 2.75) is 37.8 Å². The van der Waals surface area contributed by atoms with Gasteiger partial charge in [0.05, 0.1) is 0 Å². The van der Waals surface area contributed by atoms with E-state index in [-0.39, 0.29) is 18.3 Å². The van der Waals surface area contributed by atoms with Crippen molar-refractivity contribution in [3.63, 3.8) is 0 Å². The fourth-order valence-electron chi connectivity index (χ4n) is 3.09. The van der Waals surface area contributed by atoms with Crippen LogP contribution in [-0.2, 0) is 0 Å². The Morgan fingerprint density at radius 2 is 1.57 bits per heavy atom. The molecule has 0 aromatic heterocycles. The van der Waals surface area contributed by atoms with Gasteiger partial charge in [-0.1, -0.05) is 28.8 Å². The summed E-state index contributed by atoms with van der Waals surface area (Å²) in [7, 11) is 6.17. The van der Waals surface area contributed by atoms with Gasteiger partial charge in [-0.05, 0) is 51.2 Å². The van der Waals surface area contributed by atoms with Crippen LogP contribution in [-0.4, -0.2) is 48.9 Å². The summed E-state index contributed by atoms with van der Waals surface area (Å²) in [5.41, 5.74) is 0.763. The number of carbonyl (C=O) groups is 1. The van der Waals surface area contributed by atoms with Crippen LogP contribution >= 0.6 is 28.3 Å². The van der Waals surface area contributed by atoms with Crippen LogP contribution in [0.4, 0.5) is 0 Å². The number of rotatable bonds is 3. The maximum Gasteiger partial charge on any atom is 0.253 e. The van der Waals surface area contributed by atoms with Crippen LogP contribution in [0.3, 0.4) is 0 Å². The SMILES string of the molecule is CN(C)[C@@H]1CCCC[C@H]1N(C)C(=O)c1ccc(Br)cc1.Cl. The Hall–Kier alpha value is -0.580. The minimum atomic E-state index is 0. The Bertz CT molecular complexity index is 464. The molecule has 0 unspecified atom stereocenters. The van der Waals surface area contributed by atoms with Gasteiger partial charge in [-0.25, -0.2) is 0 Å². The molecule has 118 valence electrons. The molecule has 2 atom stereocenters. The van der Waals surface area contributed by atoms with Gasteiger partial charge in [0.2, 0.25) is 0 Å². The average molecular weight is 376 g/mol. The van der Waals surface area contributed by atoms with Gasteiger partial charge < -0.3 is 9.80 Å². The summed E-state index contributed by atoms with van der Waals surface area (Å²) in [6.45, 7) is 0. The highest BCUT2D eigenvalue weighted by atomic mass is 79.9. The second kappa shape index (κ2) is 8.16. The van der Waals surface area contributed by atoms with E-state index < -0.39 is 0 Å². The predicted octanol–water partition coefficient (Wildman–Crippen LogP) is 3.82. The lowest BCUT2D eigenvalue weighted by Gasteiger charge is -2.41. The van der Waals surface area contributed by atoms with Crippen LogP contribution in [0.1, 0.15) is 36.0 Å². The molecule has 2 rings (SSSR count). The number of nitrogens with zero attached hydrogens (tertiary/aromatic N) is 2. The van der Waals surface area contributed by atoms with Gasteiger partial charge in [0, 0.05) is 29.2 Å². The molecule has 0 N–H and O–H groups in total. The zero-order chi connectivity index (χ0) is 14.7. The van der Waals surface area contributed by atoms with E-state index in [0.717, 1.165) is 16.5 Å². The number of amides is 1. The molecule has 0 bridgehead atoms. The molecule has 1 amide bonds. The second-order valence-corrected chi connectivity index (χ2v) is 6.72. The molecule has 0 aliphatic heterocycles. The van der Waals surface area contributed by atoms with Crippen molar-refractivity contribution in [3.05, 3.63) is 34.3 Å². The van der Waals surface area contributed by atoms with Gasteiger partial charge in [0.25, 0.3) is 5.91 Å². The lowest BCUT2D eigenvalue weighted by atomic mass is 9.88. The normalized spacial score (nSPS) is 21.8. The standard InChI is InChI=1S/C16H23BrN2O.ClH/c1-18(2)14-6-4-5-7-15(14)19(3)16(20)12-8-10-13(17)11-9-12;/h8-11,14-15H,4-7H2,1-3H3;1H/t14-,15-;/m1./s1. The van der Waals surface area contributed by atoms with E-state index >= 15 is 0 Å². The summed E-state index contributed by atoms with van der Waals surface area (Å²) < 4.78 is 1.00. The summed E-state index contributed by atoms with van der Waals surface area (Å²) in [5, 5.41) is 0. The smallest absolute Gasteiger partial charge is 0.253 e. The Kier molecular flexibility index (Phi) is 7.17. The van der Waals surface area contributed by atoms with Crippen molar-refractivity contribution in [2.24, 2.45) is 0 Å². The molecule has 0 saturated heterocycles. The average Bonchev–Trinajstić information content (AvgIpc) is 2.46. The fraction of sp³-hybridized carbons (Fsp3) is 0.562. The summed E-state index contributed by atoms with van der Waals surface area (Å²) >= 11 is 3.41. The first-order valence-corrected chi connectivity index (χ1v) is 7.99. The summed E-state index contributed by atoms with van der Waals surface area (Å²) in [4.78, 5) is 16.8. The Morgan fingerprint density at radius 1 is 1.05 bits per heavy atom. The van der Waals surface area contributed by atoms with E-state index in [1.54, 1.807) is 0 Å². The second-order valence-electron chi connectivity index (χ2n) is 5.81. The zero-order valence-electron chi connectivity index (χ0n) is 12.9. The van der Waals surface area contributed by atoms with E-state index in [1.165, 1.54) is 19.3 Å². The molecular weight excluding hydrogens is 352 g/mol. The van der Waals surface area contributed by atoms with Crippen molar-refractivity contribution in [3.8, 4) is 0 Å². The highest BCUT2D eigenvalue weighted by Gasteiger charge is 2.32. The lowest BCUT2D eigenvalue weighted by molar-refractivity contribution is 0.0544. The maximum atomic E-state index is 12.6. The molecule has 0 spiro atoms. The Balaban J connectivity index is 0.00000220. The molecule has 0 heterocycles. The van der Waals surface area contributed by atoms with Crippen molar-refractivity contribution in [1.82, 2.24) is 9.80 Å². The maximum absolute atomic E-state index is 12.6. The molecule has 3 nitrogen and oxygen atoms in total. The molecule has 1 fully saturated rings. The van der Waals surface area contributed by atoms with Crippen molar-refractivity contribution in [2.75, 3.05) is 21.1 Å². The van der Waals surface area contributed by atoms with Gasteiger partial charge in [-0.2, -0.15) is 0 Å². The molecule has 1 aliphatic rings. The zero-order valence-corrected chi connectivity index (χ0v) is 15.3. The van der Waals surface area contributed by atoms with Crippen molar-refractivity contribution >= 4 is 34.2 Å². The number of carbonyl (C=O) groups excluding carboxylic acids is 1. The molecule has 0 radical (unpaired) electrons. The highest BCUT2D eigenvalue weighted by Crippen LogP contribution is 2.26. The number of halogens is 2. The van der Waals surface area contributed by atoms with Gasteiger partial charge in [-0.3, -0.25) is 4.79 Å². The molecular formula is C16H24BrClN2O. The molecule has 5 heteroatoms. The monoisotopic (exact) mass is 374 g/mol. The van der Waals surface area contributed by atoms with E-state index in [1.807, 2.05) is 36.2 Å². The third-order valence-corrected chi connectivity index (χ3v) is 4.79. The first kappa shape index (κ1) is 18.5. The number of likely N-dealkylation sites (N-methyl/N-ethyl adjacent to an activating group) is 2. The third-order valence-electron chi connectivity index (χ3n) is 4.27. The third kappa shape index (κ3) is 4.44. The summed E-state index contributed by atoms with van der Waals surface area (Å²) in [6.07, 6.45) is 4.75. The lowest BCUT2D eigenvalue weighted by Crippen LogP contribution is -2.51. The van der Waals surface area contributed by atoms with Gasteiger partial charge >= 0.3 is 0 Å². The van der Waals surface area contributed by atoms with Crippen molar-refractivity contribution in [1.29, 1.82) is 0 Å². The molecule has 1 aromatic carbocycles. The van der Waals surface area contributed by atoms with Gasteiger partial charge in [0.1, 0.15) is 0 Å². The van der Waals surface area contributed by atoms with Crippen LogP contribution in [0.15, 0.2) is 28.7 Å². The van der Waals surface area contributed by atoms with Gasteiger partial charge in [-0.15, -0.1) is 12.4 Å². The van der Waals surface area contributed by atoms with E-state index in [2.05, 4.69) is 34.9 Å². The van der Waals surface area contributed by atoms with Crippen LogP contribution in [0.25, 0.3) is 0 Å². The highest BCUT2D eigenvalue weighted by molar-refractivity contribution is 9.10. The summed E-state index contributed by atoms with van der Waals surface area (Å²) in [6, 6.07) is 8.40. The predicted molar refractivity (Wildman–Crippen MR) is 93.2 cm³/mol.